The Kier molecular flexibility index (Phi) is 4.28. The average Bonchev–Trinajstić information content (AvgIpc) is 3.24. The van der Waals surface area contributed by atoms with Gasteiger partial charge in [-0.25, -0.2) is 0 Å². The van der Waals surface area contributed by atoms with Gasteiger partial charge in [0.2, 0.25) is 0 Å². The van der Waals surface area contributed by atoms with Crippen LogP contribution in [-0.4, -0.2) is 60.5 Å². The summed E-state index contributed by atoms with van der Waals surface area (Å²) in [6.07, 6.45) is 1.98. The van der Waals surface area contributed by atoms with E-state index >= 15 is 0 Å². The molecule has 6 nitrogen and oxygen atoms in total. The number of amidine groups is 1. The van der Waals surface area contributed by atoms with Gasteiger partial charge < -0.3 is 20.1 Å². The Morgan fingerprint density at radius 1 is 1.25 bits per heavy atom. The largest absolute Gasteiger partial charge is 0.370 e. The van der Waals surface area contributed by atoms with Gasteiger partial charge in [-0.15, -0.1) is 0 Å². The van der Waals surface area contributed by atoms with Crippen molar-refractivity contribution < 1.29 is 4.79 Å². The smallest absolute Gasteiger partial charge is 0.256 e. The Balaban J connectivity index is 1.73. The lowest BCUT2D eigenvalue weighted by molar-refractivity contribution is 0.0737. The average molecular weight is 390 g/mol. The Hall–Kier alpha value is -1.86. The van der Waals surface area contributed by atoms with Gasteiger partial charge in [-0.2, -0.15) is 0 Å². The van der Waals surface area contributed by atoms with Crippen molar-refractivity contribution in [2.75, 3.05) is 39.3 Å². The molecule has 7 heteroatoms. The first kappa shape index (κ1) is 15.7. The molecular formula is C17H20BrN5O. The van der Waals surface area contributed by atoms with Crippen LogP contribution in [0.3, 0.4) is 0 Å². The third-order valence-electron chi connectivity index (χ3n) is 4.54. The SMILES string of the molecule is O=C(c1cn(CC2=NCCN2)c2cc(Br)ccc12)N1CCNCC1. The normalized spacial score (nSPS) is 17.9. The third-order valence-corrected chi connectivity index (χ3v) is 5.04. The van der Waals surface area contributed by atoms with E-state index in [1.54, 1.807) is 0 Å². The molecular weight excluding hydrogens is 370 g/mol. The molecule has 126 valence electrons. The molecule has 0 aliphatic carbocycles. The highest BCUT2D eigenvalue weighted by Crippen LogP contribution is 2.26. The molecule has 2 N–H and O–H groups in total. The van der Waals surface area contributed by atoms with Crippen molar-refractivity contribution in [2.45, 2.75) is 6.54 Å². The van der Waals surface area contributed by atoms with Gasteiger partial charge in [0.25, 0.3) is 5.91 Å². The number of hydrogen-bond acceptors (Lipinski definition) is 4. The van der Waals surface area contributed by atoms with Crippen molar-refractivity contribution >= 4 is 38.6 Å². The minimum absolute atomic E-state index is 0.115. The van der Waals surface area contributed by atoms with Crippen LogP contribution in [0.4, 0.5) is 0 Å². The standard InChI is InChI=1S/C17H20BrN5O/c18-12-1-2-13-14(17(24)22-7-5-19-6-8-22)10-23(15(13)9-12)11-16-20-3-4-21-16/h1-2,9-10,19H,3-8,11H2,(H,20,21). The molecule has 2 aliphatic rings. The second kappa shape index (κ2) is 6.57. The van der Waals surface area contributed by atoms with Crippen LogP contribution in [0.5, 0.6) is 0 Å². The maximum absolute atomic E-state index is 13.0. The van der Waals surface area contributed by atoms with Gasteiger partial charge in [0.05, 0.1) is 24.2 Å². The summed E-state index contributed by atoms with van der Waals surface area (Å²) in [5.41, 5.74) is 1.83. The van der Waals surface area contributed by atoms with Crippen molar-refractivity contribution in [1.29, 1.82) is 0 Å². The van der Waals surface area contributed by atoms with E-state index in [-0.39, 0.29) is 5.91 Å². The van der Waals surface area contributed by atoms with E-state index in [2.05, 4.69) is 42.2 Å². The van der Waals surface area contributed by atoms with Gasteiger partial charge in [0.15, 0.2) is 0 Å². The van der Waals surface area contributed by atoms with Gasteiger partial charge in [0, 0.05) is 48.8 Å². The number of carbonyl (C=O) groups excluding carboxylic acids is 1. The molecule has 24 heavy (non-hydrogen) atoms. The van der Waals surface area contributed by atoms with Crippen molar-refractivity contribution in [3.63, 3.8) is 0 Å². The summed E-state index contributed by atoms with van der Waals surface area (Å²) in [6, 6.07) is 6.08. The topological polar surface area (TPSA) is 61.7 Å². The number of benzene rings is 1. The zero-order valence-electron chi connectivity index (χ0n) is 13.4. The Labute approximate surface area is 149 Å². The van der Waals surface area contributed by atoms with Crippen LogP contribution in [0, 0.1) is 0 Å². The number of rotatable bonds is 3. The third kappa shape index (κ3) is 2.93. The highest BCUT2D eigenvalue weighted by atomic mass is 79.9. The lowest BCUT2D eigenvalue weighted by Gasteiger charge is -2.27. The molecule has 1 aromatic carbocycles. The predicted octanol–water partition coefficient (Wildman–Crippen LogP) is 1.45. The molecule has 1 amide bonds. The summed E-state index contributed by atoms with van der Waals surface area (Å²) < 4.78 is 3.13. The molecule has 2 aromatic rings. The fourth-order valence-electron chi connectivity index (χ4n) is 3.32. The van der Waals surface area contributed by atoms with Gasteiger partial charge in [-0.05, 0) is 12.1 Å². The summed E-state index contributed by atoms with van der Waals surface area (Å²) in [5.74, 6) is 1.09. The van der Waals surface area contributed by atoms with E-state index in [4.69, 9.17) is 0 Å². The molecule has 1 saturated heterocycles. The first-order valence-electron chi connectivity index (χ1n) is 8.28. The molecule has 3 heterocycles. The number of halogens is 1. The molecule has 0 bridgehead atoms. The van der Waals surface area contributed by atoms with Crippen molar-refractivity contribution in [3.05, 3.63) is 34.4 Å². The number of aliphatic imine (C=N–C) groups is 1. The highest BCUT2D eigenvalue weighted by molar-refractivity contribution is 9.10. The molecule has 0 spiro atoms. The number of aromatic nitrogens is 1. The monoisotopic (exact) mass is 389 g/mol. The molecule has 0 radical (unpaired) electrons. The van der Waals surface area contributed by atoms with Crippen molar-refractivity contribution in [2.24, 2.45) is 4.99 Å². The second-order valence-corrected chi connectivity index (χ2v) is 7.05. The number of fused-ring (bicyclic) bond motifs is 1. The molecule has 1 aromatic heterocycles. The number of nitrogens with zero attached hydrogens (tertiary/aromatic N) is 3. The first-order chi connectivity index (χ1) is 11.7. The molecule has 4 rings (SSSR count). The molecule has 0 saturated carbocycles. The molecule has 0 unspecified atom stereocenters. The summed E-state index contributed by atoms with van der Waals surface area (Å²) >= 11 is 3.54. The second-order valence-electron chi connectivity index (χ2n) is 6.13. The lowest BCUT2D eigenvalue weighted by atomic mass is 10.1. The Morgan fingerprint density at radius 2 is 2.08 bits per heavy atom. The predicted molar refractivity (Wildman–Crippen MR) is 98.7 cm³/mol. The number of hydrogen-bond donors (Lipinski definition) is 2. The summed E-state index contributed by atoms with van der Waals surface area (Å²) in [5, 5.41) is 7.59. The van der Waals surface area contributed by atoms with Crippen LogP contribution >= 0.6 is 15.9 Å². The first-order valence-corrected chi connectivity index (χ1v) is 9.07. The minimum Gasteiger partial charge on any atom is -0.370 e. The Bertz CT molecular complexity index is 807. The fourth-order valence-corrected chi connectivity index (χ4v) is 3.67. The number of piperazine rings is 1. The fraction of sp³-hybridized carbons (Fsp3) is 0.412. The van der Waals surface area contributed by atoms with E-state index in [0.29, 0.717) is 6.54 Å². The van der Waals surface area contributed by atoms with Crippen LogP contribution in [0.15, 0.2) is 33.9 Å². The number of nitrogens with one attached hydrogen (secondary N) is 2. The van der Waals surface area contributed by atoms with Gasteiger partial charge in [-0.3, -0.25) is 9.79 Å². The lowest BCUT2D eigenvalue weighted by Crippen LogP contribution is -2.46. The van der Waals surface area contributed by atoms with Gasteiger partial charge >= 0.3 is 0 Å². The van der Waals surface area contributed by atoms with Crippen LogP contribution in [-0.2, 0) is 6.54 Å². The zero-order valence-corrected chi connectivity index (χ0v) is 15.0. The summed E-state index contributed by atoms with van der Waals surface area (Å²) in [7, 11) is 0. The van der Waals surface area contributed by atoms with E-state index in [1.165, 1.54) is 0 Å². The van der Waals surface area contributed by atoms with Crippen LogP contribution in [0.2, 0.25) is 0 Å². The molecule has 0 atom stereocenters. The summed E-state index contributed by atoms with van der Waals surface area (Å²) in [6.45, 7) is 5.62. The van der Waals surface area contributed by atoms with Crippen LogP contribution in [0.25, 0.3) is 10.9 Å². The van der Waals surface area contributed by atoms with E-state index in [1.807, 2.05) is 23.2 Å². The van der Waals surface area contributed by atoms with Crippen LogP contribution in [0.1, 0.15) is 10.4 Å². The minimum atomic E-state index is 0.115. The molecule has 2 aliphatic heterocycles. The van der Waals surface area contributed by atoms with Crippen molar-refractivity contribution in [3.8, 4) is 0 Å². The zero-order chi connectivity index (χ0) is 16.5. The van der Waals surface area contributed by atoms with E-state index in [0.717, 1.165) is 66.0 Å². The quantitative estimate of drug-likeness (QED) is 0.834. The number of amides is 1. The van der Waals surface area contributed by atoms with Gasteiger partial charge in [-0.1, -0.05) is 22.0 Å². The maximum Gasteiger partial charge on any atom is 0.256 e. The number of carbonyl (C=O) groups is 1. The van der Waals surface area contributed by atoms with E-state index < -0.39 is 0 Å². The van der Waals surface area contributed by atoms with Crippen LogP contribution < -0.4 is 10.6 Å². The molecule has 1 fully saturated rings. The van der Waals surface area contributed by atoms with E-state index in [9.17, 15) is 4.79 Å². The van der Waals surface area contributed by atoms with Gasteiger partial charge in [0.1, 0.15) is 5.84 Å². The summed E-state index contributed by atoms with van der Waals surface area (Å²) in [4.78, 5) is 19.4. The maximum atomic E-state index is 13.0. The van der Waals surface area contributed by atoms with Crippen molar-refractivity contribution in [1.82, 2.24) is 20.1 Å². The highest BCUT2D eigenvalue weighted by Gasteiger charge is 2.22. The Morgan fingerprint density at radius 3 is 2.83 bits per heavy atom.